The standard InChI is InChI=1S/C19H16ClNO4/c1-2-24-17-10-13(7-8-18(22)23)9-16(20)19(17)25-12-15-6-4-3-5-14(15)11-21/h3-10H,2,12H2,1H3,(H,22,23)/b8-7+. The molecule has 5 nitrogen and oxygen atoms in total. The first-order valence-corrected chi connectivity index (χ1v) is 7.91. The van der Waals surface area contributed by atoms with Crippen LogP contribution in [0.5, 0.6) is 11.5 Å². The van der Waals surface area contributed by atoms with Gasteiger partial charge in [-0.2, -0.15) is 5.26 Å². The second-order valence-electron chi connectivity index (χ2n) is 4.99. The summed E-state index contributed by atoms with van der Waals surface area (Å²) in [6.45, 7) is 2.38. The molecule has 2 aromatic rings. The number of carboxylic acid groups (broad SMARTS) is 1. The van der Waals surface area contributed by atoms with Gasteiger partial charge in [-0.15, -0.1) is 0 Å². The number of halogens is 1. The number of nitriles is 1. The van der Waals surface area contributed by atoms with Crippen LogP contribution in [0.15, 0.2) is 42.5 Å². The molecule has 0 unspecified atom stereocenters. The van der Waals surface area contributed by atoms with E-state index in [1.165, 1.54) is 6.08 Å². The number of benzene rings is 2. The molecule has 0 atom stereocenters. The molecule has 0 bridgehead atoms. The van der Waals surface area contributed by atoms with E-state index in [9.17, 15) is 4.79 Å². The van der Waals surface area contributed by atoms with Gasteiger partial charge in [0.05, 0.1) is 23.3 Å². The fraction of sp³-hybridized carbons (Fsp3) is 0.158. The van der Waals surface area contributed by atoms with Gasteiger partial charge in [0.1, 0.15) is 6.61 Å². The normalized spacial score (nSPS) is 10.4. The topological polar surface area (TPSA) is 79.6 Å². The number of ether oxygens (including phenoxy) is 2. The highest BCUT2D eigenvalue weighted by Gasteiger charge is 2.13. The van der Waals surface area contributed by atoms with Crippen LogP contribution in [-0.4, -0.2) is 17.7 Å². The van der Waals surface area contributed by atoms with Gasteiger partial charge in [0.2, 0.25) is 0 Å². The maximum atomic E-state index is 10.7. The Balaban J connectivity index is 2.30. The summed E-state index contributed by atoms with van der Waals surface area (Å²) >= 11 is 6.27. The zero-order valence-corrected chi connectivity index (χ0v) is 14.3. The minimum Gasteiger partial charge on any atom is -0.490 e. The van der Waals surface area contributed by atoms with Crippen LogP contribution in [0, 0.1) is 11.3 Å². The van der Waals surface area contributed by atoms with Crippen LogP contribution in [0.3, 0.4) is 0 Å². The Bertz CT molecular complexity index is 840. The molecule has 0 saturated carbocycles. The van der Waals surface area contributed by atoms with Crippen molar-refractivity contribution in [2.45, 2.75) is 13.5 Å². The lowest BCUT2D eigenvalue weighted by Gasteiger charge is -2.15. The van der Waals surface area contributed by atoms with Crippen LogP contribution >= 0.6 is 11.6 Å². The van der Waals surface area contributed by atoms with Gasteiger partial charge in [-0.3, -0.25) is 0 Å². The van der Waals surface area contributed by atoms with Crippen molar-refractivity contribution < 1.29 is 19.4 Å². The van der Waals surface area contributed by atoms with Gasteiger partial charge in [0.15, 0.2) is 11.5 Å². The molecule has 6 heteroatoms. The Morgan fingerprint density at radius 2 is 2.08 bits per heavy atom. The molecule has 0 aliphatic rings. The molecule has 25 heavy (non-hydrogen) atoms. The molecule has 0 radical (unpaired) electrons. The number of hydrogen-bond acceptors (Lipinski definition) is 4. The summed E-state index contributed by atoms with van der Waals surface area (Å²) in [6.07, 6.45) is 2.44. The van der Waals surface area contributed by atoms with Gasteiger partial charge in [-0.05, 0) is 36.8 Å². The number of aliphatic carboxylic acids is 1. The average molecular weight is 358 g/mol. The van der Waals surface area contributed by atoms with Gasteiger partial charge in [-0.1, -0.05) is 29.8 Å². The van der Waals surface area contributed by atoms with Crippen molar-refractivity contribution in [3.8, 4) is 17.6 Å². The minimum atomic E-state index is -1.05. The van der Waals surface area contributed by atoms with Gasteiger partial charge in [0, 0.05) is 11.6 Å². The number of hydrogen-bond donors (Lipinski definition) is 1. The molecule has 0 aliphatic heterocycles. The first-order valence-electron chi connectivity index (χ1n) is 7.53. The lowest BCUT2D eigenvalue weighted by atomic mass is 10.1. The SMILES string of the molecule is CCOc1cc(/C=C/C(=O)O)cc(Cl)c1OCc1ccccc1C#N. The Morgan fingerprint density at radius 3 is 2.76 bits per heavy atom. The van der Waals surface area contributed by atoms with Crippen molar-refractivity contribution in [1.29, 1.82) is 5.26 Å². The summed E-state index contributed by atoms with van der Waals surface area (Å²) in [4.78, 5) is 10.7. The van der Waals surface area contributed by atoms with E-state index in [4.69, 9.17) is 31.4 Å². The number of nitrogens with zero attached hydrogens (tertiary/aromatic N) is 1. The zero-order valence-electron chi connectivity index (χ0n) is 13.5. The maximum Gasteiger partial charge on any atom is 0.328 e. The second-order valence-corrected chi connectivity index (χ2v) is 5.40. The summed E-state index contributed by atoms with van der Waals surface area (Å²) < 4.78 is 11.3. The number of carboxylic acids is 1. The highest BCUT2D eigenvalue weighted by Crippen LogP contribution is 2.37. The highest BCUT2D eigenvalue weighted by molar-refractivity contribution is 6.32. The molecule has 2 rings (SSSR count). The Hall–Kier alpha value is -2.97. The molecule has 0 saturated heterocycles. The molecule has 1 N–H and O–H groups in total. The fourth-order valence-corrected chi connectivity index (χ4v) is 2.43. The molecule has 2 aromatic carbocycles. The zero-order chi connectivity index (χ0) is 18.2. The van der Waals surface area contributed by atoms with Crippen LogP contribution in [0.1, 0.15) is 23.6 Å². The molecule has 0 heterocycles. The molecule has 0 amide bonds. The van der Waals surface area contributed by atoms with E-state index in [1.54, 1.807) is 30.3 Å². The molecule has 0 aliphatic carbocycles. The quantitative estimate of drug-likeness (QED) is 0.748. The Morgan fingerprint density at radius 1 is 1.32 bits per heavy atom. The summed E-state index contributed by atoms with van der Waals surface area (Å²) in [5, 5.41) is 18.2. The third kappa shape index (κ3) is 5.00. The van der Waals surface area contributed by atoms with Crippen molar-refractivity contribution >= 4 is 23.6 Å². The fourth-order valence-electron chi connectivity index (χ4n) is 2.16. The minimum absolute atomic E-state index is 0.161. The van der Waals surface area contributed by atoms with Crippen molar-refractivity contribution in [3.05, 3.63) is 64.2 Å². The average Bonchev–Trinajstić information content (AvgIpc) is 2.59. The van der Waals surface area contributed by atoms with E-state index in [-0.39, 0.29) is 6.61 Å². The summed E-state index contributed by atoms with van der Waals surface area (Å²) in [7, 11) is 0. The van der Waals surface area contributed by atoms with E-state index in [2.05, 4.69) is 6.07 Å². The third-order valence-electron chi connectivity index (χ3n) is 3.26. The maximum absolute atomic E-state index is 10.7. The predicted octanol–water partition coefficient (Wildman–Crippen LogP) is 4.29. The molecular weight excluding hydrogens is 342 g/mol. The summed E-state index contributed by atoms with van der Waals surface area (Å²) in [5.74, 6) is -0.291. The highest BCUT2D eigenvalue weighted by atomic mass is 35.5. The lowest BCUT2D eigenvalue weighted by molar-refractivity contribution is -0.131. The van der Waals surface area contributed by atoms with Crippen LogP contribution in [0.2, 0.25) is 5.02 Å². The Labute approximate surface area is 150 Å². The van der Waals surface area contributed by atoms with Gasteiger partial charge in [-0.25, -0.2) is 4.79 Å². The van der Waals surface area contributed by atoms with E-state index < -0.39 is 5.97 Å². The van der Waals surface area contributed by atoms with Gasteiger partial charge < -0.3 is 14.6 Å². The van der Waals surface area contributed by atoms with Crippen LogP contribution in [-0.2, 0) is 11.4 Å². The van der Waals surface area contributed by atoms with Crippen molar-refractivity contribution in [1.82, 2.24) is 0 Å². The van der Waals surface area contributed by atoms with E-state index >= 15 is 0 Å². The Kier molecular flexibility index (Phi) is 6.44. The summed E-state index contributed by atoms with van der Waals surface area (Å²) in [5.41, 5.74) is 1.84. The first-order chi connectivity index (χ1) is 12.0. The van der Waals surface area contributed by atoms with E-state index in [1.807, 2.05) is 13.0 Å². The molecule has 128 valence electrons. The third-order valence-corrected chi connectivity index (χ3v) is 3.54. The summed E-state index contributed by atoms with van der Waals surface area (Å²) in [6, 6.07) is 12.5. The van der Waals surface area contributed by atoms with Crippen LogP contribution < -0.4 is 9.47 Å². The lowest BCUT2D eigenvalue weighted by Crippen LogP contribution is -2.02. The molecular formula is C19H16ClNO4. The monoisotopic (exact) mass is 357 g/mol. The largest absolute Gasteiger partial charge is 0.490 e. The van der Waals surface area contributed by atoms with E-state index in [0.29, 0.717) is 34.3 Å². The van der Waals surface area contributed by atoms with Crippen LogP contribution in [0.25, 0.3) is 6.08 Å². The van der Waals surface area contributed by atoms with E-state index in [0.717, 1.165) is 11.6 Å². The van der Waals surface area contributed by atoms with Crippen molar-refractivity contribution in [3.63, 3.8) is 0 Å². The van der Waals surface area contributed by atoms with Crippen molar-refractivity contribution in [2.75, 3.05) is 6.61 Å². The predicted molar refractivity (Wildman–Crippen MR) is 94.8 cm³/mol. The molecule has 0 fully saturated rings. The number of carbonyl (C=O) groups is 1. The van der Waals surface area contributed by atoms with Gasteiger partial charge in [0.25, 0.3) is 0 Å². The molecule has 0 aromatic heterocycles. The number of rotatable bonds is 7. The van der Waals surface area contributed by atoms with Gasteiger partial charge >= 0.3 is 5.97 Å². The first kappa shape index (κ1) is 18.4. The van der Waals surface area contributed by atoms with Crippen molar-refractivity contribution in [2.24, 2.45) is 0 Å². The van der Waals surface area contributed by atoms with Crippen LogP contribution in [0.4, 0.5) is 0 Å². The molecule has 0 spiro atoms. The second kappa shape index (κ2) is 8.76. The smallest absolute Gasteiger partial charge is 0.328 e.